The quantitative estimate of drug-likeness (QED) is 0.779. The van der Waals surface area contributed by atoms with Gasteiger partial charge in [-0.2, -0.15) is 0 Å². The van der Waals surface area contributed by atoms with Gasteiger partial charge in [0.1, 0.15) is 0 Å². The molecule has 1 aromatic heterocycles. The maximum absolute atomic E-state index is 5.91. The number of piperidine rings is 2. The second-order valence-electron chi connectivity index (χ2n) is 8.48. The molecule has 0 aliphatic carbocycles. The third-order valence-corrected chi connectivity index (χ3v) is 6.06. The fraction of sp³-hybridized carbons (Fsp3) is 0.636. The summed E-state index contributed by atoms with van der Waals surface area (Å²) < 4.78 is 5.91. The van der Waals surface area contributed by atoms with Crippen LogP contribution in [0.4, 0.5) is 0 Å². The third-order valence-electron chi connectivity index (χ3n) is 6.06. The number of aromatic nitrogens is 2. The van der Waals surface area contributed by atoms with Crippen molar-refractivity contribution in [3.63, 3.8) is 0 Å². The van der Waals surface area contributed by atoms with E-state index in [1.165, 1.54) is 50.9 Å². The minimum Gasteiger partial charge on any atom is -0.424 e. The van der Waals surface area contributed by atoms with Crippen LogP contribution >= 0.6 is 0 Å². The van der Waals surface area contributed by atoms with Crippen LogP contribution in [0.2, 0.25) is 0 Å². The number of hydrogen-bond acceptors (Lipinski definition) is 5. The van der Waals surface area contributed by atoms with Gasteiger partial charge in [-0.25, -0.2) is 0 Å². The Morgan fingerprint density at radius 2 is 1.74 bits per heavy atom. The van der Waals surface area contributed by atoms with Gasteiger partial charge in [-0.05, 0) is 62.7 Å². The minimum atomic E-state index is 0.712. The molecule has 1 atom stereocenters. The zero-order chi connectivity index (χ0) is 18.5. The Balaban J connectivity index is 1.27. The van der Waals surface area contributed by atoms with Gasteiger partial charge in [0.25, 0.3) is 0 Å². The van der Waals surface area contributed by atoms with Crippen LogP contribution < -0.4 is 0 Å². The molecule has 1 unspecified atom stereocenters. The molecule has 146 valence electrons. The molecule has 0 radical (unpaired) electrons. The Hall–Kier alpha value is -1.72. The molecule has 0 N–H and O–H groups in total. The molecule has 0 saturated carbocycles. The number of hydrogen-bond donors (Lipinski definition) is 0. The predicted octanol–water partition coefficient (Wildman–Crippen LogP) is 3.60. The summed E-state index contributed by atoms with van der Waals surface area (Å²) in [4.78, 5) is 5.18. The van der Waals surface area contributed by atoms with Crippen LogP contribution in [0.1, 0.15) is 50.0 Å². The van der Waals surface area contributed by atoms with E-state index in [4.69, 9.17) is 4.42 Å². The van der Waals surface area contributed by atoms with Crippen LogP contribution in [0, 0.1) is 11.8 Å². The van der Waals surface area contributed by atoms with Gasteiger partial charge in [-0.3, -0.25) is 4.90 Å². The molecule has 0 spiro atoms. The smallest absolute Gasteiger partial charge is 0.230 e. The van der Waals surface area contributed by atoms with E-state index in [9.17, 15) is 0 Å². The second-order valence-corrected chi connectivity index (χ2v) is 8.48. The molecule has 5 heteroatoms. The van der Waals surface area contributed by atoms with Crippen molar-refractivity contribution >= 4 is 0 Å². The average Bonchev–Trinajstić information content (AvgIpc) is 3.11. The largest absolute Gasteiger partial charge is 0.424 e. The van der Waals surface area contributed by atoms with E-state index >= 15 is 0 Å². The lowest BCUT2D eigenvalue weighted by Gasteiger charge is -2.37. The summed E-state index contributed by atoms with van der Waals surface area (Å²) in [6.45, 7) is 9.29. The number of likely N-dealkylation sites (tertiary alicyclic amines) is 2. The summed E-state index contributed by atoms with van der Waals surface area (Å²) in [6.07, 6.45) is 6.07. The van der Waals surface area contributed by atoms with Crippen molar-refractivity contribution in [2.24, 2.45) is 11.8 Å². The molecule has 2 aliphatic heterocycles. The van der Waals surface area contributed by atoms with Gasteiger partial charge in [0.2, 0.25) is 11.8 Å². The molecule has 2 saturated heterocycles. The van der Waals surface area contributed by atoms with Gasteiger partial charge in [-0.15, -0.1) is 10.2 Å². The molecule has 27 heavy (non-hydrogen) atoms. The zero-order valence-corrected chi connectivity index (χ0v) is 16.5. The first-order valence-electron chi connectivity index (χ1n) is 10.5. The van der Waals surface area contributed by atoms with Crippen molar-refractivity contribution in [3.05, 3.63) is 47.7 Å². The molecule has 2 aliphatic rings. The first-order valence-corrected chi connectivity index (χ1v) is 10.5. The summed E-state index contributed by atoms with van der Waals surface area (Å²) in [7, 11) is 0. The third kappa shape index (κ3) is 5.39. The summed E-state index contributed by atoms with van der Waals surface area (Å²) in [5.41, 5.74) is 1.21. The van der Waals surface area contributed by atoms with Crippen LogP contribution in [0.5, 0.6) is 0 Å². The summed E-state index contributed by atoms with van der Waals surface area (Å²) >= 11 is 0. The molecule has 5 nitrogen and oxygen atoms in total. The topological polar surface area (TPSA) is 45.4 Å². The Morgan fingerprint density at radius 1 is 0.963 bits per heavy atom. The summed E-state index contributed by atoms with van der Waals surface area (Å²) in [6, 6.07) is 10.3. The van der Waals surface area contributed by atoms with Crippen molar-refractivity contribution in [2.75, 3.05) is 32.7 Å². The van der Waals surface area contributed by atoms with Crippen LogP contribution in [-0.4, -0.2) is 52.7 Å². The highest BCUT2D eigenvalue weighted by Crippen LogP contribution is 2.23. The average molecular weight is 369 g/mol. The summed E-state index contributed by atoms with van der Waals surface area (Å²) in [5, 5.41) is 8.53. The molecule has 1 aromatic carbocycles. The monoisotopic (exact) mass is 368 g/mol. The first kappa shape index (κ1) is 18.6. The Morgan fingerprint density at radius 3 is 2.56 bits per heavy atom. The molecule has 0 amide bonds. The highest BCUT2D eigenvalue weighted by molar-refractivity contribution is 5.17. The molecule has 0 bridgehead atoms. The standard InChI is InChI=1S/C22H32N4O/c1-18-9-12-25(13-10-18)15-20-8-5-11-26(16-20)17-22-24-23-21(27-22)14-19-6-3-2-4-7-19/h2-4,6-7,18,20H,5,8-17H2,1H3. The van der Waals surface area contributed by atoms with Crippen LogP contribution in [0.25, 0.3) is 0 Å². The molecule has 2 fully saturated rings. The fourth-order valence-corrected chi connectivity index (χ4v) is 4.44. The minimum absolute atomic E-state index is 0.712. The van der Waals surface area contributed by atoms with Gasteiger partial charge in [0.05, 0.1) is 13.0 Å². The van der Waals surface area contributed by atoms with E-state index in [1.807, 2.05) is 18.2 Å². The van der Waals surface area contributed by atoms with Gasteiger partial charge in [0, 0.05) is 13.1 Å². The normalized spacial score (nSPS) is 22.9. The van der Waals surface area contributed by atoms with Gasteiger partial charge >= 0.3 is 0 Å². The van der Waals surface area contributed by atoms with Crippen molar-refractivity contribution in [2.45, 2.75) is 45.6 Å². The number of rotatable bonds is 6. The highest BCUT2D eigenvalue weighted by atomic mass is 16.4. The Bertz CT molecular complexity index is 693. The van der Waals surface area contributed by atoms with E-state index in [0.717, 1.165) is 37.4 Å². The Labute approximate surface area is 162 Å². The number of benzene rings is 1. The van der Waals surface area contributed by atoms with Crippen molar-refractivity contribution < 1.29 is 4.42 Å². The van der Waals surface area contributed by atoms with Crippen molar-refractivity contribution in [1.29, 1.82) is 0 Å². The van der Waals surface area contributed by atoms with E-state index in [1.54, 1.807) is 0 Å². The maximum atomic E-state index is 5.91. The predicted molar refractivity (Wildman–Crippen MR) is 106 cm³/mol. The maximum Gasteiger partial charge on any atom is 0.230 e. The van der Waals surface area contributed by atoms with Crippen LogP contribution in [0.15, 0.2) is 34.7 Å². The van der Waals surface area contributed by atoms with Crippen molar-refractivity contribution in [3.8, 4) is 0 Å². The van der Waals surface area contributed by atoms with Gasteiger partial charge < -0.3 is 9.32 Å². The second kappa shape index (κ2) is 8.98. The lowest BCUT2D eigenvalue weighted by Crippen LogP contribution is -2.43. The van der Waals surface area contributed by atoms with Crippen molar-refractivity contribution in [1.82, 2.24) is 20.0 Å². The Kier molecular flexibility index (Phi) is 6.20. The van der Waals surface area contributed by atoms with E-state index in [0.29, 0.717) is 12.3 Å². The molecule has 4 rings (SSSR count). The van der Waals surface area contributed by atoms with Gasteiger partial charge in [-0.1, -0.05) is 37.3 Å². The SMILES string of the molecule is CC1CCN(CC2CCCN(Cc3nnc(Cc4ccccc4)o3)C2)CC1. The van der Waals surface area contributed by atoms with E-state index < -0.39 is 0 Å². The summed E-state index contributed by atoms with van der Waals surface area (Å²) in [5.74, 6) is 3.16. The fourth-order valence-electron chi connectivity index (χ4n) is 4.44. The lowest BCUT2D eigenvalue weighted by molar-refractivity contribution is 0.103. The number of nitrogens with zero attached hydrogens (tertiary/aromatic N) is 4. The molecule has 2 aromatic rings. The first-order chi connectivity index (χ1) is 13.2. The van der Waals surface area contributed by atoms with E-state index in [-0.39, 0.29) is 0 Å². The van der Waals surface area contributed by atoms with Gasteiger partial charge in [0.15, 0.2) is 0 Å². The molecular weight excluding hydrogens is 336 g/mol. The highest BCUT2D eigenvalue weighted by Gasteiger charge is 2.25. The van der Waals surface area contributed by atoms with Crippen LogP contribution in [-0.2, 0) is 13.0 Å². The van der Waals surface area contributed by atoms with E-state index in [2.05, 4.69) is 39.1 Å². The molecule has 3 heterocycles. The lowest BCUT2D eigenvalue weighted by atomic mass is 9.94. The molecular formula is C22H32N4O. The zero-order valence-electron chi connectivity index (χ0n) is 16.5. The van der Waals surface area contributed by atoms with Crippen LogP contribution in [0.3, 0.4) is 0 Å².